The zero-order valence-corrected chi connectivity index (χ0v) is 14.0. The maximum atomic E-state index is 12.5. The van der Waals surface area contributed by atoms with E-state index in [9.17, 15) is 4.79 Å². The molecule has 2 unspecified atom stereocenters. The van der Waals surface area contributed by atoms with Crippen molar-refractivity contribution in [3.05, 3.63) is 0 Å². The van der Waals surface area contributed by atoms with Gasteiger partial charge in [-0.25, -0.2) is 0 Å². The van der Waals surface area contributed by atoms with Gasteiger partial charge in [-0.2, -0.15) is 0 Å². The Balaban J connectivity index is 2.49. The molecule has 0 bridgehead atoms. The van der Waals surface area contributed by atoms with Crippen LogP contribution in [0.3, 0.4) is 0 Å². The average Bonchev–Trinajstić information content (AvgIpc) is 2.62. The molecule has 1 rings (SSSR count). The average molecular weight is 283 g/mol. The minimum Gasteiger partial charge on any atom is -0.326 e. The molecule has 1 aliphatic rings. The van der Waals surface area contributed by atoms with Crippen molar-refractivity contribution >= 4 is 5.91 Å². The first kappa shape index (κ1) is 17.4. The summed E-state index contributed by atoms with van der Waals surface area (Å²) in [6.07, 6.45) is 5.65. The van der Waals surface area contributed by atoms with Crippen LogP contribution in [0.15, 0.2) is 0 Å². The van der Waals surface area contributed by atoms with E-state index in [1.54, 1.807) is 0 Å². The lowest BCUT2D eigenvalue weighted by molar-refractivity contribution is -0.130. The minimum atomic E-state index is 0.0420. The Hall–Kier alpha value is -0.610. The Morgan fingerprint density at radius 3 is 2.55 bits per heavy atom. The molecule has 1 saturated heterocycles. The van der Waals surface area contributed by atoms with Crippen LogP contribution in [0.5, 0.6) is 0 Å². The number of amides is 1. The fourth-order valence-corrected chi connectivity index (χ4v) is 2.88. The predicted octanol–water partition coefficient (Wildman–Crippen LogP) is 2.30. The standard InChI is InChI=1S/C16H33N3O/c1-6-9-15-17-14(12-13(2)3)16(20)19(15)11-8-7-10-18(4)5/h13-15,17H,6-12H2,1-5H3. The highest BCUT2D eigenvalue weighted by atomic mass is 16.2. The van der Waals surface area contributed by atoms with Crippen LogP contribution < -0.4 is 5.32 Å². The monoisotopic (exact) mass is 283 g/mol. The predicted molar refractivity (Wildman–Crippen MR) is 84.6 cm³/mol. The molecule has 1 aliphatic heterocycles. The van der Waals surface area contributed by atoms with E-state index < -0.39 is 0 Å². The van der Waals surface area contributed by atoms with Crippen LogP contribution in [0.1, 0.15) is 52.9 Å². The molecule has 118 valence electrons. The molecule has 0 spiro atoms. The van der Waals surface area contributed by atoms with Crippen LogP contribution >= 0.6 is 0 Å². The lowest BCUT2D eigenvalue weighted by atomic mass is 10.0. The molecule has 1 N–H and O–H groups in total. The zero-order chi connectivity index (χ0) is 15.1. The second kappa shape index (κ2) is 8.63. The minimum absolute atomic E-state index is 0.0420. The molecule has 0 aliphatic carbocycles. The zero-order valence-electron chi connectivity index (χ0n) is 14.0. The number of nitrogens with one attached hydrogen (secondary N) is 1. The topological polar surface area (TPSA) is 35.6 Å². The second-order valence-electron chi connectivity index (χ2n) is 6.70. The van der Waals surface area contributed by atoms with Crippen molar-refractivity contribution < 1.29 is 4.79 Å². The van der Waals surface area contributed by atoms with Gasteiger partial charge in [-0.1, -0.05) is 27.2 Å². The SMILES string of the molecule is CCCC1NC(CC(C)C)C(=O)N1CCCCN(C)C. The highest BCUT2D eigenvalue weighted by molar-refractivity contribution is 5.84. The van der Waals surface area contributed by atoms with E-state index >= 15 is 0 Å². The third-order valence-electron chi connectivity index (χ3n) is 3.87. The van der Waals surface area contributed by atoms with Gasteiger partial charge in [0.15, 0.2) is 0 Å². The van der Waals surface area contributed by atoms with Gasteiger partial charge in [-0.05, 0) is 52.2 Å². The van der Waals surface area contributed by atoms with Gasteiger partial charge in [0, 0.05) is 6.54 Å². The highest BCUT2D eigenvalue weighted by Crippen LogP contribution is 2.20. The maximum absolute atomic E-state index is 12.5. The second-order valence-corrected chi connectivity index (χ2v) is 6.70. The van der Waals surface area contributed by atoms with Gasteiger partial charge in [0.25, 0.3) is 0 Å². The van der Waals surface area contributed by atoms with E-state index in [2.05, 4.69) is 50.0 Å². The molecule has 0 saturated carbocycles. The Morgan fingerprint density at radius 1 is 1.30 bits per heavy atom. The molecule has 0 aromatic heterocycles. The number of carbonyl (C=O) groups is 1. The van der Waals surface area contributed by atoms with Crippen molar-refractivity contribution in [2.75, 3.05) is 27.2 Å². The van der Waals surface area contributed by atoms with Crippen molar-refractivity contribution in [3.63, 3.8) is 0 Å². The first-order valence-electron chi connectivity index (χ1n) is 8.17. The third kappa shape index (κ3) is 5.41. The normalized spacial score (nSPS) is 23.4. The summed E-state index contributed by atoms with van der Waals surface area (Å²) in [6.45, 7) is 8.56. The maximum Gasteiger partial charge on any atom is 0.241 e. The molecule has 0 radical (unpaired) electrons. The lowest BCUT2D eigenvalue weighted by Crippen LogP contribution is -2.38. The number of nitrogens with zero attached hydrogens (tertiary/aromatic N) is 2. The highest BCUT2D eigenvalue weighted by Gasteiger charge is 2.37. The molecular weight excluding hydrogens is 250 g/mol. The van der Waals surface area contributed by atoms with E-state index in [-0.39, 0.29) is 12.2 Å². The van der Waals surface area contributed by atoms with Crippen molar-refractivity contribution in [2.45, 2.75) is 65.1 Å². The number of rotatable bonds is 9. The summed E-state index contributed by atoms with van der Waals surface area (Å²) in [5.41, 5.74) is 0. The van der Waals surface area contributed by atoms with E-state index in [1.165, 1.54) is 0 Å². The van der Waals surface area contributed by atoms with Crippen LogP contribution in [-0.4, -0.2) is 55.1 Å². The summed E-state index contributed by atoms with van der Waals surface area (Å²) in [4.78, 5) is 16.8. The summed E-state index contributed by atoms with van der Waals surface area (Å²) in [7, 11) is 4.20. The molecule has 1 heterocycles. The van der Waals surface area contributed by atoms with Crippen LogP contribution in [0.25, 0.3) is 0 Å². The Kier molecular flexibility index (Phi) is 7.52. The number of hydrogen-bond donors (Lipinski definition) is 1. The summed E-state index contributed by atoms with van der Waals surface area (Å²) in [5.74, 6) is 0.884. The molecule has 0 aromatic carbocycles. The van der Waals surface area contributed by atoms with Gasteiger partial charge in [0.2, 0.25) is 5.91 Å². The van der Waals surface area contributed by atoms with Gasteiger partial charge in [-0.15, -0.1) is 0 Å². The number of carbonyl (C=O) groups excluding carboxylic acids is 1. The van der Waals surface area contributed by atoms with Crippen LogP contribution in [0.4, 0.5) is 0 Å². The van der Waals surface area contributed by atoms with E-state index in [0.29, 0.717) is 11.8 Å². The fourth-order valence-electron chi connectivity index (χ4n) is 2.88. The molecule has 20 heavy (non-hydrogen) atoms. The summed E-state index contributed by atoms with van der Waals surface area (Å²) in [5, 5.41) is 3.54. The quantitative estimate of drug-likeness (QED) is 0.660. The van der Waals surface area contributed by atoms with E-state index in [4.69, 9.17) is 0 Å². The third-order valence-corrected chi connectivity index (χ3v) is 3.87. The van der Waals surface area contributed by atoms with E-state index in [1.807, 2.05) is 0 Å². The molecule has 4 heteroatoms. The Bertz CT molecular complexity index is 291. The summed E-state index contributed by atoms with van der Waals surface area (Å²) >= 11 is 0. The smallest absolute Gasteiger partial charge is 0.241 e. The Morgan fingerprint density at radius 2 is 2.00 bits per heavy atom. The Labute approximate surface area is 124 Å². The van der Waals surface area contributed by atoms with Gasteiger partial charge >= 0.3 is 0 Å². The van der Waals surface area contributed by atoms with Gasteiger partial charge in [0.05, 0.1) is 12.2 Å². The van der Waals surface area contributed by atoms with Crippen molar-refractivity contribution in [2.24, 2.45) is 5.92 Å². The largest absolute Gasteiger partial charge is 0.326 e. The molecule has 2 atom stereocenters. The van der Waals surface area contributed by atoms with Crippen molar-refractivity contribution in [3.8, 4) is 0 Å². The molecule has 1 fully saturated rings. The summed E-state index contributed by atoms with van der Waals surface area (Å²) < 4.78 is 0. The molecule has 0 aromatic rings. The van der Waals surface area contributed by atoms with Gasteiger partial charge in [-0.3, -0.25) is 10.1 Å². The number of hydrogen-bond acceptors (Lipinski definition) is 3. The first-order valence-corrected chi connectivity index (χ1v) is 8.17. The molecular formula is C16H33N3O. The van der Waals surface area contributed by atoms with Crippen LogP contribution in [0, 0.1) is 5.92 Å². The van der Waals surface area contributed by atoms with Crippen molar-refractivity contribution in [1.29, 1.82) is 0 Å². The van der Waals surface area contributed by atoms with Gasteiger partial charge in [0.1, 0.15) is 0 Å². The van der Waals surface area contributed by atoms with Crippen molar-refractivity contribution in [1.82, 2.24) is 15.1 Å². The molecule has 1 amide bonds. The van der Waals surface area contributed by atoms with E-state index in [0.717, 1.165) is 45.2 Å². The van der Waals surface area contributed by atoms with Crippen LogP contribution in [-0.2, 0) is 4.79 Å². The van der Waals surface area contributed by atoms with Crippen LogP contribution in [0.2, 0.25) is 0 Å². The number of unbranched alkanes of at least 4 members (excludes halogenated alkanes) is 1. The fraction of sp³-hybridized carbons (Fsp3) is 0.938. The molecule has 4 nitrogen and oxygen atoms in total. The van der Waals surface area contributed by atoms with Gasteiger partial charge < -0.3 is 9.80 Å². The lowest BCUT2D eigenvalue weighted by Gasteiger charge is -2.24. The summed E-state index contributed by atoms with van der Waals surface area (Å²) in [6, 6.07) is 0.0420. The first-order chi connectivity index (χ1) is 9.45.